The largest absolute Gasteiger partial charge is 0.494 e. The molecule has 0 radical (unpaired) electrons. The van der Waals surface area contributed by atoms with Crippen LogP contribution in [-0.2, 0) is 0 Å². The predicted octanol–water partition coefficient (Wildman–Crippen LogP) is 1.84. The first kappa shape index (κ1) is 28.6. The molecule has 3 aromatic rings. The number of rotatable bonds is 9. The summed E-state index contributed by atoms with van der Waals surface area (Å²) in [5, 5.41) is 1.94. The van der Waals surface area contributed by atoms with Crippen molar-refractivity contribution in [2.75, 3.05) is 19.8 Å². The predicted molar refractivity (Wildman–Crippen MR) is 124 cm³/mol. The van der Waals surface area contributed by atoms with Crippen molar-refractivity contribution in [2.45, 2.75) is 53.9 Å². The molecule has 9 heteroatoms. The van der Waals surface area contributed by atoms with Gasteiger partial charge in [-0.3, -0.25) is 4.42 Å². The Labute approximate surface area is 207 Å². The summed E-state index contributed by atoms with van der Waals surface area (Å²) in [6.45, 7) is 12.0. The van der Waals surface area contributed by atoms with Crippen LogP contribution in [0.25, 0.3) is 21.9 Å². The molecule has 1 aromatic heterocycles. The highest BCUT2D eigenvalue weighted by Gasteiger charge is 2.19. The van der Waals surface area contributed by atoms with Crippen LogP contribution in [0.2, 0.25) is 0 Å². The number of unbranched alkanes of at least 4 members (excludes halogenated alkanes) is 2. The molecule has 0 aliphatic carbocycles. The molecule has 0 amide bonds. The van der Waals surface area contributed by atoms with E-state index in [1.807, 2.05) is 39.8 Å². The summed E-state index contributed by atoms with van der Waals surface area (Å²) in [4.78, 5) is 0. The second kappa shape index (κ2) is 13.5. The summed E-state index contributed by atoms with van der Waals surface area (Å²) < 4.78 is 57.8. The summed E-state index contributed by atoms with van der Waals surface area (Å²) in [5.74, 6) is 3.38. The van der Waals surface area contributed by atoms with Gasteiger partial charge in [-0.1, -0.05) is 31.9 Å². The lowest BCUT2D eigenvalue weighted by Crippen LogP contribution is -2.68. The zero-order chi connectivity index (χ0) is 26.0. The molecule has 0 unspecified atom stereocenters. The van der Waals surface area contributed by atoms with Crippen LogP contribution >= 0.6 is 0 Å². The maximum Gasteiger partial charge on any atom is 0.355 e. The van der Waals surface area contributed by atoms with Gasteiger partial charge in [-0.15, -0.1) is 10.2 Å². The topological polar surface area (TPSA) is 135 Å². The number of benzene rings is 1. The first-order chi connectivity index (χ1) is 16.6. The van der Waals surface area contributed by atoms with Crippen molar-refractivity contribution in [3.05, 3.63) is 57.8 Å². The SMILES string of the molecule is CCCCCOc1ccc(-c2cc(OCC)c3c(C)oc(C)c3c(=[O+]CC)c2)cc1.[O-][Cl+3]([O-])([O-])[O-]. The van der Waals surface area contributed by atoms with Crippen LogP contribution in [0.3, 0.4) is 0 Å². The van der Waals surface area contributed by atoms with Gasteiger partial charge in [-0.2, -0.15) is 0 Å². The maximum atomic E-state index is 8.49. The lowest BCUT2D eigenvalue weighted by atomic mass is 10.1. The van der Waals surface area contributed by atoms with Crippen LogP contribution in [0.5, 0.6) is 11.5 Å². The maximum absolute atomic E-state index is 8.49. The second-order valence-corrected chi connectivity index (χ2v) is 8.52. The van der Waals surface area contributed by atoms with Gasteiger partial charge in [0.2, 0.25) is 0 Å². The molecule has 0 saturated heterocycles. The van der Waals surface area contributed by atoms with Gasteiger partial charge < -0.3 is 13.9 Å². The van der Waals surface area contributed by atoms with Crippen molar-refractivity contribution in [1.29, 1.82) is 0 Å². The van der Waals surface area contributed by atoms with E-state index >= 15 is 0 Å². The van der Waals surface area contributed by atoms with E-state index in [-0.39, 0.29) is 0 Å². The van der Waals surface area contributed by atoms with Crippen molar-refractivity contribution in [3.8, 4) is 22.6 Å². The van der Waals surface area contributed by atoms with E-state index in [1.54, 1.807) is 0 Å². The standard InChI is InChI=1S/C26H33O4.ClHO4/c1-6-9-10-15-29-22-13-11-20(12-14-22)21-16-23(27-7-2)25-18(4)30-19(5)26(25)24(17-21)28-8-3;2-1(3,4)5/h11-14,16-17H,6-10,15H2,1-5H3;(H,2,3,4,5)/q+1;/p-1. The molecular formula is C26H33ClO8. The van der Waals surface area contributed by atoms with Gasteiger partial charge in [0.15, 0.2) is 0 Å². The molecule has 8 nitrogen and oxygen atoms in total. The molecule has 0 spiro atoms. The highest BCUT2D eigenvalue weighted by atomic mass is 35.7. The Morgan fingerprint density at radius 3 is 2.03 bits per heavy atom. The molecule has 0 saturated carbocycles. The van der Waals surface area contributed by atoms with Crippen LogP contribution in [0.1, 0.15) is 51.6 Å². The average molecular weight is 509 g/mol. The van der Waals surface area contributed by atoms with Gasteiger partial charge in [0.25, 0.3) is 6.61 Å². The fourth-order valence-electron chi connectivity index (χ4n) is 3.74. The van der Waals surface area contributed by atoms with Crippen molar-refractivity contribution < 1.29 is 42.8 Å². The van der Waals surface area contributed by atoms with Crippen LogP contribution in [0.15, 0.2) is 45.2 Å². The molecule has 0 bridgehead atoms. The smallest absolute Gasteiger partial charge is 0.355 e. The number of aryl methyl sites for hydroxylation is 2. The Hall–Kier alpha value is -2.62. The number of fused-ring (bicyclic) bond motifs is 1. The zero-order valence-corrected chi connectivity index (χ0v) is 21.6. The van der Waals surface area contributed by atoms with E-state index in [4.69, 9.17) is 37.0 Å². The van der Waals surface area contributed by atoms with E-state index < -0.39 is 10.2 Å². The van der Waals surface area contributed by atoms with Crippen LogP contribution < -0.4 is 33.5 Å². The fraction of sp³-hybridized carbons (Fsp3) is 0.423. The van der Waals surface area contributed by atoms with Crippen LogP contribution in [-0.4, -0.2) is 19.8 Å². The van der Waals surface area contributed by atoms with Gasteiger partial charge in [0, 0.05) is 6.92 Å². The monoisotopic (exact) mass is 508 g/mol. The summed E-state index contributed by atoms with van der Waals surface area (Å²) in [5.41, 5.74) is 2.93. The number of hydrogen-bond donors (Lipinski definition) is 0. The third-order valence-electron chi connectivity index (χ3n) is 5.13. The first-order valence-electron chi connectivity index (χ1n) is 11.6. The molecule has 2 aromatic carbocycles. The van der Waals surface area contributed by atoms with Gasteiger partial charge in [0.05, 0.1) is 24.7 Å². The Balaban J connectivity index is 0.000000784. The first-order valence-corrected chi connectivity index (χ1v) is 12.8. The molecular weight excluding hydrogens is 476 g/mol. The minimum atomic E-state index is -4.94. The fourth-order valence-corrected chi connectivity index (χ4v) is 3.74. The van der Waals surface area contributed by atoms with Gasteiger partial charge >= 0.3 is 5.43 Å². The van der Waals surface area contributed by atoms with Gasteiger partial charge in [-0.25, -0.2) is 18.6 Å². The van der Waals surface area contributed by atoms with E-state index in [0.717, 1.165) is 63.4 Å². The van der Waals surface area contributed by atoms with Crippen LogP contribution in [0, 0.1) is 24.1 Å². The summed E-state index contributed by atoms with van der Waals surface area (Å²) in [6.07, 6.45) is 3.47. The van der Waals surface area contributed by atoms with Crippen LogP contribution in [0.4, 0.5) is 0 Å². The minimum absolute atomic E-state index is 0.580. The lowest BCUT2D eigenvalue weighted by Gasteiger charge is -2.17. The normalized spacial score (nSPS) is 11.9. The zero-order valence-electron chi connectivity index (χ0n) is 20.9. The molecule has 0 fully saturated rings. The third kappa shape index (κ3) is 8.83. The van der Waals surface area contributed by atoms with Crippen molar-refractivity contribution in [3.63, 3.8) is 0 Å². The molecule has 1 heterocycles. The molecule has 3 rings (SSSR count). The highest BCUT2D eigenvalue weighted by Crippen LogP contribution is 2.34. The average Bonchev–Trinajstić information content (AvgIpc) is 2.97. The summed E-state index contributed by atoms with van der Waals surface area (Å²) >= 11 is 0. The minimum Gasteiger partial charge on any atom is -0.494 e. The second-order valence-electron chi connectivity index (χ2n) is 7.76. The van der Waals surface area contributed by atoms with E-state index in [1.165, 1.54) is 12.8 Å². The van der Waals surface area contributed by atoms with Crippen molar-refractivity contribution in [2.24, 2.45) is 0 Å². The quantitative estimate of drug-likeness (QED) is 0.318. The number of furan rings is 1. The van der Waals surface area contributed by atoms with E-state index in [9.17, 15) is 0 Å². The number of ether oxygens (including phenoxy) is 2. The van der Waals surface area contributed by atoms with E-state index in [2.05, 4.69) is 31.2 Å². The number of halogens is 1. The summed E-state index contributed by atoms with van der Waals surface area (Å²) in [7, 11) is -4.94. The Morgan fingerprint density at radius 1 is 0.829 bits per heavy atom. The molecule has 0 aliphatic rings. The molecule has 192 valence electrons. The highest BCUT2D eigenvalue weighted by molar-refractivity contribution is 5.93. The van der Waals surface area contributed by atoms with Gasteiger partial charge in [-0.05, 0) is 56.5 Å². The van der Waals surface area contributed by atoms with Crippen molar-refractivity contribution >= 4 is 10.8 Å². The van der Waals surface area contributed by atoms with E-state index in [0.29, 0.717) is 13.2 Å². The third-order valence-corrected chi connectivity index (χ3v) is 5.13. The number of hydrogen-bond acceptors (Lipinski definition) is 7. The Morgan fingerprint density at radius 2 is 1.46 bits per heavy atom. The summed E-state index contributed by atoms with van der Waals surface area (Å²) in [6, 6.07) is 12.4. The van der Waals surface area contributed by atoms with Gasteiger partial charge in [0.1, 0.15) is 28.4 Å². The Kier molecular flexibility index (Phi) is 11.0. The lowest BCUT2D eigenvalue weighted by molar-refractivity contribution is -2.00. The molecule has 0 atom stereocenters. The molecule has 0 aliphatic heterocycles. The molecule has 0 N–H and O–H groups in total. The molecule has 35 heavy (non-hydrogen) atoms. The van der Waals surface area contributed by atoms with Crippen molar-refractivity contribution in [1.82, 2.24) is 0 Å². The Bertz CT molecular complexity index is 1140.